The van der Waals surface area contributed by atoms with Crippen molar-refractivity contribution in [2.24, 2.45) is 0 Å². The van der Waals surface area contributed by atoms with Gasteiger partial charge in [-0.2, -0.15) is 0 Å². The zero-order valence-corrected chi connectivity index (χ0v) is 9.74. The molecule has 1 fully saturated rings. The summed E-state index contributed by atoms with van der Waals surface area (Å²) >= 11 is 0. The number of nitrogens with two attached hydrogens (primary N) is 1. The van der Waals surface area contributed by atoms with Crippen LogP contribution in [-0.4, -0.2) is 30.5 Å². The molecule has 1 atom stereocenters. The fraction of sp³-hybridized carbons (Fsp3) is 0.455. The number of ether oxygens (including phenoxy) is 1. The molecule has 98 valence electrons. The summed E-state index contributed by atoms with van der Waals surface area (Å²) in [6.07, 6.45) is 0.932. The number of rotatable bonds is 2. The molecular weight excluding hydrogens is 244 g/mol. The van der Waals surface area contributed by atoms with Gasteiger partial charge in [0.25, 0.3) is 5.92 Å². The van der Waals surface area contributed by atoms with E-state index in [4.69, 9.17) is 5.73 Å². The second-order valence-corrected chi connectivity index (χ2v) is 4.18. The number of nitrogens with one attached hydrogen (secondary N) is 1. The van der Waals surface area contributed by atoms with Gasteiger partial charge in [0.05, 0.1) is 25.5 Å². The van der Waals surface area contributed by atoms with E-state index in [0.717, 1.165) is 0 Å². The van der Waals surface area contributed by atoms with Crippen LogP contribution in [0.5, 0.6) is 0 Å². The fourth-order valence-electron chi connectivity index (χ4n) is 1.93. The predicted octanol–water partition coefficient (Wildman–Crippen LogP) is 1.12. The molecule has 1 aromatic rings. The molecule has 0 radical (unpaired) electrons. The minimum Gasteiger partial charge on any atom is -0.464 e. The first kappa shape index (κ1) is 12.7. The van der Waals surface area contributed by atoms with Crippen LogP contribution in [0.2, 0.25) is 0 Å². The maximum atomic E-state index is 13.1. The molecule has 0 unspecified atom stereocenters. The van der Waals surface area contributed by atoms with Crippen molar-refractivity contribution in [2.75, 3.05) is 19.4 Å². The summed E-state index contributed by atoms with van der Waals surface area (Å²) in [6.45, 7) is -0.396. The van der Waals surface area contributed by atoms with Gasteiger partial charge in [0.1, 0.15) is 5.69 Å². The zero-order chi connectivity index (χ0) is 13.3. The minimum absolute atomic E-state index is 0.0544. The molecule has 0 spiro atoms. The van der Waals surface area contributed by atoms with Gasteiger partial charge in [-0.1, -0.05) is 0 Å². The molecule has 18 heavy (non-hydrogen) atoms. The van der Waals surface area contributed by atoms with Gasteiger partial charge in [0.2, 0.25) is 0 Å². The number of anilines is 1. The second kappa shape index (κ2) is 4.49. The molecule has 2 heterocycles. The number of pyridine rings is 1. The number of alkyl halides is 2. The quantitative estimate of drug-likeness (QED) is 0.776. The molecular formula is C11H13F2N3O2. The first-order chi connectivity index (χ1) is 8.43. The highest BCUT2D eigenvalue weighted by Gasteiger charge is 2.40. The van der Waals surface area contributed by atoms with Crippen LogP contribution in [0.4, 0.5) is 14.5 Å². The predicted molar refractivity (Wildman–Crippen MR) is 60.3 cm³/mol. The van der Waals surface area contributed by atoms with Crippen LogP contribution in [0.15, 0.2) is 12.3 Å². The van der Waals surface area contributed by atoms with Crippen LogP contribution in [0.25, 0.3) is 0 Å². The van der Waals surface area contributed by atoms with E-state index in [1.165, 1.54) is 19.4 Å². The average Bonchev–Trinajstić information content (AvgIpc) is 2.69. The molecule has 5 nitrogen and oxygen atoms in total. The molecule has 1 aliphatic rings. The third kappa shape index (κ3) is 2.40. The number of carbonyl (C=O) groups is 1. The summed E-state index contributed by atoms with van der Waals surface area (Å²) in [5, 5.41) is 2.68. The molecule has 1 aromatic heterocycles. The van der Waals surface area contributed by atoms with Crippen molar-refractivity contribution in [2.45, 2.75) is 18.4 Å². The van der Waals surface area contributed by atoms with Crippen LogP contribution in [0.3, 0.4) is 0 Å². The van der Waals surface area contributed by atoms with Crippen molar-refractivity contribution < 1.29 is 18.3 Å². The smallest absolute Gasteiger partial charge is 0.356 e. The van der Waals surface area contributed by atoms with E-state index in [-0.39, 0.29) is 17.8 Å². The average molecular weight is 257 g/mol. The summed E-state index contributed by atoms with van der Waals surface area (Å²) in [4.78, 5) is 15.1. The number of halogens is 2. The number of aromatic nitrogens is 1. The van der Waals surface area contributed by atoms with Crippen LogP contribution in [-0.2, 0) is 4.74 Å². The number of nitrogens with zero attached hydrogens (tertiary/aromatic N) is 1. The molecule has 0 amide bonds. The Morgan fingerprint density at radius 3 is 2.94 bits per heavy atom. The van der Waals surface area contributed by atoms with E-state index >= 15 is 0 Å². The van der Waals surface area contributed by atoms with E-state index < -0.39 is 24.5 Å². The monoisotopic (exact) mass is 257 g/mol. The zero-order valence-electron chi connectivity index (χ0n) is 9.74. The van der Waals surface area contributed by atoms with Gasteiger partial charge in [0, 0.05) is 12.5 Å². The Kier molecular flexibility index (Phi) is 3.16. The Morgan fingerprint density at radius 1 is 1.67 bits per heavy atom. The molecule has 0 aromatic carbocycles. The number of carbonyl (C=O) groups excluding carboxylic acids is 1. The normalized spacial score (nSPS) is 21.8. The summed E-state index contributed by atoms with van der Waals surface area (Å²) < 4.78 is 30.8. The molecule has 7 heteroatoms. The lowest BCUT2D eigenvalue weighted by Gasteiger charge is -2.14. The van der Waals surface area contributed by atoms with E-state index in [2.05, 4.69) is 15.0 Å². The number of hydrogen-bond acceptors (Lipinski definition) is 5. The Balaban J connectivity index is 2.30. The summed E-state index contributed by atoms with van der Waals surface area (Å²) in [5.74, 6) is -3.38. The summed E-state index contributed by atoms with van der Waals surface area (Å²) in [6, 6.07) is 0.812. The van der Waals surface area contributed by atoms with E-state index in [0.29, 0.717) is 5.56 Å². The Hall–Kier alpha value is -1.76. The van der Waals surface area contributed by atoms with Crippen LogP contribution in [0.1, 0.15) is 28.5 Å². The van der Waals surface area contributed by atoms with E-state index in [9.17, 15) is 13.6 Å². The van der Waals surface area contributed by atoms with Crippen molar-refractivity contribution in [3.05, 3.63) is 23.5 Å². The Bertz CT molecular complexity index is 479. The van der Waals surface area contributed by atoms with Crippen LogP contribution < -0.4 is 11.1 Å². The molecule has 1 saturated heterocycles. The highest BCUT2D eigenvalue weighted by Crippen LogP contribution is 2.36. The minimum atomic E-state index is -2.76. The second-order valence-electron chi connectivity index (χ2n) is 4.18. The Labute approximate surface area is 102 Å². The first-order valence-corrected chi connectivity index (χ1v) is 5.38. The molecule has 0 aliphatic carbocycles. The number of hydrogen-bond donors (Lipinski definition) is 2. The van der Waals surface area contributed by atoms with Crippen molar-refractivity contribution in [3.63, 3.8) is 0 Å². The van der Waals surface area contributed by atoms with E-state index in [1.54, 1.807) is 0 Å². The number of methoxy groups -OCH3 is 1. The van der Waals surface area contributed by atoms with Gasteiger partial charge in [-0.25, -0.2) is 18.6 Å². The van der Waals surface area contributed by atoms with Crippen molar-refractivity contribution in [3.8, 4) is 0 Å². The molecule has 0 bridgehead atoms. The fourth-order valence-corrected chi connectivity index (χ4v) is 1.93. The van der Waals surface area contributed by atoms with Crippen LogP contribution >= 0.6 is 0 Å². The van der Waals surface area contributed by atoms with E-state index in [1.807, 2.05) is 0 Å². The SMILES string of the molecule is COC(=O)c1cc([C@@H]2CC(F)(F)CN2)c(N)cn1. The highest BCUT2D eigenvalue weighted by molar-refractivity contribution is 5.87. The van der Waals surface area contributed by atoms with Crippen LogP contribution in [0, 0.1) is 0 Å². The summed E-state index contributed by atoms with van der Waals surface area (Å²) in [7, 11) is 1.22. The third-order valence-electron chi connectivity index (χ3n) is 2.85. The lowest BCUT2D eigenvalue weighted by molar-refractivity contribution is 0.0210. The standard InChI is InChI=1S/C11H13F2N3O2/c1-18-10(17)8-2-6(7(14)4-15-8)9-3-11(12,13)5-16-9/h2,4,9,16H,3,5,14H2,1H3/t9-/m0/s1. The van der Waals surface area contributed by atoms with Gasteiger partial charge >= 0.3 is 5.97 Å². The van der Waals surface area contributed by atoms with Crippen molar-refractivity contribution in [1.82, 2.24) is 10.3 Å². The topological polar surface area (TPSA) is 77.2 Å². The maximum Gasteiger partial charge on any atom is 0.356 e. The molecule has 0 saturated carbocycles. The van der Waals surface area contributed by atoms with Crippen molar-refractivity contribution in [1.29, 1.82) is 0 Å². The van der Waals surface area contributed by atoms with Gasteiger partial charge in [-0.05, 0) is 11.6 Å². The van der Waals surface area contributed by atoms with Crippen molar-refractivity contribution >= 4 is 11.7 Å². The number of esters is 1. The van der Waals surface area contributed by atoms with Gasteiger partial charge in [-0.3, -0.25) is 0 Å². The third-order valence-corrected chi connectivity index (χ3v) is 2.85. The highest BCUT2D eigenvalue weighted by atomic mass is 19.3. The molecule has 2 rings (SSSR count). The lowest BCUT2D eigenvalue weighted by Crippen LogP contribution is -2.20. The van der Waals surface area contributed by atoms with Gasteiger partial charge in [-0.15, -0.1) is 0 Å². The lowest BCUT2D eigenvalue weighted by atomic mass is 10.0. The summed E-state index contributed by atoms with van der Waals surface area (Å²) in [5.41, 5.74) is 6.48. The molecule has 1 aliphatic heterocycles. The van der Waals surface area contributed by atoms with Gasteiger partial charge in [0.15, 0.2) is 0 Å². The first-order valence-electron chi connectivity index (χ1n) is 5.38. The molecule has 3 N–H and O–H groups in total. The maximum absolute atomic E-state index is 13.1. The Morgan fingerprint density at radius 2 is 2.39 bits per heavy atom. The number of nitrogen functional groups attached to an aromatic ring is 1. The largest absolute Gasteiger partial charge is 0.464 e. The van der Waals surface area contributed by atoms with Gasteiger partial charge < -0.3 is 15.8 Å².